The van der Waals surface area contributed by atoms with Crippen LogP contribution in [0, 0.1) is 20.8 Å². The first kappa shape index (κ1) is 21.3. The molecule has 0 unspecified atom stereocenters. The summed E-state index contributed by atoms with van der Waals surface area (Å²) in [5, 5.41) is 4.29. The predicted octanol–water partition coefficient (Wildman–Crippen LogP) is 2.94. The normalized spacial score (nSPS) is 15.3. The van der Waals surface area contributed by atoms with Crippen LogP contribution in [0.5, 0.6) is 0 Å². The molecule has 2 heterocycles. The Hall–Kier alpha value is -2.97. The number of aryl methyl sites for hydroxylation is 3. The number of hydrogen-bond acceptors (Lipinski definition) is 4. The second-order valence-electron chi connectivity index (χ2n) is 7.93. The minimum absolute atomic E-state index is 0.137. The summed E-state index contributed by atoms with van der Waals surface area (Å²) in [6.45, 7) is 6.85. The first-order valence-electron chi connectivity index (χ1n) is 10.2. The van der Waals surface area contributed by atoms with Gasteiger partial charge >= 0.3 is 0 Å². The van der Waals surface area contributed by atoms with Crippen molar-refractivity contribution in [2.24, 2.45) is 0 Å². The molecule has 0 aliphatic carbocycles. The number of benzene rings is 2. The molecule has 7 nitrogen and oxygen atoms in total. The van der Waals surface area contributed by atoms with Gasteiger partial charge in [-0.25, -0.2) is 13.1 Å². The Bertz CT molecular complexity index is 1190. The third kappa shape index (κ3) is 4.13. The van der Waals surface area contributed by atoms with Gasteiger partial charge in [0.25, 0.3) is 5.91 Å². The summed E-state index contributed by atoms with van der Waals surface area (Å²) in [5.74, 6) is -0.137. The highest BCUT2D eigenvalue weighted by Crippen LogP contribution is 2.26. The summed E-state index contributed by atoms with van der Waals surface area (Å²) in [7, 11) is -3.61. The van der Waals surface area contributed by atoms with Crippen LogP contribution in [0.4, 0.5) is 0 Å². The van der Waals surface area contributed by atoms with Crippen molar-refractivity contribution in [3.8, 4) is 5.69 Å². The van der Waals surface area contributed by atoms with Gasteiger partial charge < -0.3 is 4.90 Å². The number of carbonyl (C=O) groups is 1. The highest BCUT2D eigenvalue weighted by molar-refractivity contribution is 7.89. The van der Waals surface area contributed by atoms with E-state index in [4.69, 9.17) is 0 Å². The van der Waals surface area contributed by atoms with Crippen LogP contribution in [0.15, 0.2) is 59.8 Å². The van der Waals surface area contributed by atoms with E-state index in [9.17, 15) is 13.2 Å². The molecule has 8 heteroatoms. The maximum atomic E-state index is 13.3. The number of amides is 1. The van der Waals surface area contributed by atoms with E-state index in [1.165, 1.54) is 4.31 Å². The van der Waals surface area contributed by atoms with Crippen LogP contribution in [0.1, 0.15) is 27.0 Å². The first-order valence-corrected chi connectivity index (χ1v) is 11.7. The highest BCUT2D eigenvalue weighted by atomic mass is 32.2. The minimum Gasteiger partial charge on any atom is -0.336 e. The second kappa shape index (κ2) is 8.28. The van der Waals surface area contributed by atoms with Crippen molar-refractivity contribution in [3.63, 3.8) is 0 Å². The minimum atomic E-state index is -3.61. The third-order valence-corrected chi connectivity index (χ3v) is 7.78. The molecular formula is C23H26N4O3S. The van der Waals surface area contributed by atoms with Crippen molar-refractivity contribution in [1.82, 2.24) is 19.0 Å². The highest BCUT2D eigenvalue weighted by Gasteiger charge is 2.32. The van der Waals surface area contributed by atoms with Crippen molar-refractivity contribution in [2.75, 3.05) is 26.2 Å². The molecule has 0 radical (unpaired) electrons. The van der Waals surface area contributed by atoms with Crippen molar-refractivity contribution in [2.45, 2.75) is 25.7 Å². The number of aromatic nitrogens is 2. The predicted molar refractivity (Wildman–Crippen MR) is 119 cm³/mol. The molecule has 162 valence electrons. The smallest absolute Gasteiger partial charge is 0.257 e. The number of para-hydroxylation sites is 1. The van der Waals surface area contributed by atoms with Gasteiger partial charge in [-0.15, -0.1) is 0 Å². The van der Waals surface area contributed by atoms with E-state index in [0.717, 1.165) is 22.4 Å². The van der Waals surface area contributed by atoms with Crippen molar-refractivity contribution in [1.29, 1.82) is 0 Å². The van der Waals surface area contributed by atoms with E-state index >= 15 is 0 Å². The largest absolute Gasteiger partial charge is 0.336 e. The SMILES string of the molecule is Cc1cc(C)c(S(=O)(=O)N2CCN(C(=O)c3cnn(-c4ccccc4)c3)CC2)c(C)c1. The zero-order valence-electron chi connectivity index (χ0n) is 17.9. The lowest BCUT2D eigenvalue weighted by Gasteiger charge is -2.34. The number of carbonyl (C=O) groups excluding carboxylic acids is 1. The average Bonchev–Trinajstić information content (AvgIpc) is 3.23. The monoisotopic (exact) mass is 438 g/mol. The fourth-order valence-corrected chi connectivity index (χ4v) is 6.01. The van der Waals surface area contributed by atoms with E-state index in [2.05, 4.69) is 5.10 Å². The Morgan fingerprint density at radius 3 is 2.16 bits per heavy atom. The molecule has 1 aromatic heterocycles. The lowest BCUT2D eigenvalue weighted by atomic mass is 10.1. The molecule has 0 bridgehead atoms. The summed E-state index contributed by atoms with van der Waals surface area (Å²) in [6, 6.07) is 13.4. The van der Waals surface area contributed by atoms with Gasteiger partial charge in [0.1, 0.15) is 0 Å². The molecule has 3 aromatic rings. The average molecular weight is 439 g/mol. The summed E-state index contributed by atoms with van der Waals surface area (Å²) < 4.78 is 29.7. The summed E-state index contributed by atoms with van der Waals surface area (Å²) in [5.41, 5.74) is 3.92. The summed E-state index contributed by atoms with van der Waals surface area (Å²) in [6.07, 6.45) is 3.26. The van der Waals surface area contributed by atoms with Gasteiger partial charge in [-0.3, -0.25) is 4.79 Å². The lowest BCUT2D eigenvalue weighted by molar-refractivity contribution is 0.0698. The van der Waals surface area contributed by atoms with E-state index in [-0.39, 0.29) is 19.0 Å². The van der Waals surface area contributed by atoms with Crippen LogP contribution in [-0.2, 0) is 10.0 Å². The van der Waals surface area contributed by atoms with E-state index in [0.29, 0.717) is 23.5 Å². The molecule has 31 heavy (non-hydrogen) atoms. The number of sulfonamides is 1. The van der Waals surface area contributed by atoms with Crippen LogP contribution in [-0.4, -0.2) is 59.5 Å². The Morgan fingerprint density at radius 2 is 1.55 bits per heavy atom. The maximum absolute atomic E-state index is 13.3. The fourth-order valence-electron chi connectivity index (χ4n) is 4.17. The second-order valence-corrected chi connectivity index (χ2v) is 9.81. The van der Waals surface area contributed by atoms with Gasteiger partial charge in [-0.1, -0.05) is 35.9 Å². The number of nitrogens with zero attached hydrogens (tertiary/aromatic N) is 4. The molecule has 0 N–H and O–H groups in total. The molecule has 4 rings (SSSR count). The molecule has 0 atom stereocenters. The number of hydrogen-bond donors (Lipinski definition) is 0. The number of piperazine rings is 1. The van der Waals surface area contributed by atoms with Gasteiger partial charge in [0.05, 0.1) is 22.3 Å². The van der Waals surface area contributed by atoms with Crippen LogP contribution >= 0.6 is 0 Å². The van der Waals surface area contributed by atoms with Gasteiger partial charge in [0.2, 0.25) is 10.0 Å². The Morgan fingerprint density at radius 1 is 0.935 bits per heavy atom. The Balaban J connectivity index is 1.47. The van der Waals surface area contributed by atoms with Crippen molar-refractivity contribution < 1.29 is 13.2 Å². The van der Waals surface area contributed by atoms with Crippen molar-refractivity contribution in [3.05, 3.63) is 77.1 Å². The van der Waals surface area contributed by atoms with Gasteiger partial charge in [0, 0.05) is 32.4 Å². The Kier molecular flexibility index (Phi) is 5.68. The van der Waals surface area contributed by atoms with Crippen LogP contribution in [0.25, 0.3) is 5.69 Å². The molecule has 1 aliphatic rings. The Labute approximate surface area is 183 Å². The fraction of sp³-hybridized carbons (Fsp3) is 0.304. The molecule has 2 aromatic carbocycles. The summed E-state index contributed by atoms with van der Waals surface area (Å²) in [4.78, 5) is 15.0. The van der Waals surface area contributed by atoms with Gasteiger partial charge in [0.15, 0.2) is 0 Å². The molecule has 1 saturated heterocycles. The maximum Gasteiger partial charge on any atom is 0.257 e. The quantitative estimate of drug-likeness (QED) is 0.628. The molecular weight excluding hydrogens is 412 g/mol. The zero-order valence-corrected chi connectivity index (χ0v) is 18.8. The van der Waals surface area contributed by atoms with E-state index in [1.807, 2.05) is 63.2 Å². The summed E-state index contributed by atoms with van der Waals surface area (Å²) >= 11 is 0. The van der Waals surface area contributed by atoms with E-state index < -0.39 is 10.0 Å². The van der Waals surface area contributed by atoms with Gasteiger partial charge in [-0.2, -0.15) is 9.40 Å². The van der Waals surface area contributed by atoms with Crippen LogP contribution in [0.3, 0.4) is 0 Å². The lowest BCUT2D eigenvalue weighted by Crippen LogP contribution is -2.50. The molecule has 0 saturated carbocycles. The van der Waals surface area contributed by atoms with E-state index in [1.54, 1.807) is 22.0 Å². The molecule has 1 fully saturated rings. The van der Waals surface area contributed by atoms with Crippen LogP contribution < -0.4 is 0 Å². The molecule has 1 aliphatic heterocycles. The third-order valence-electron chi connectivity index (χ3n) is 5.58. The zero-order chi connectivity index (χ0) is 22.2. The van der Waals surface area contributed by atoms with Crippen LogP contribution in [0.2, 0.25) is 0 Å². The standard InChI is InChI=1S/C23H26N4O3S/c1-17-13-18(2)22(19(3)14-17)31(29,30)26-11-9-25(10-12-26)23(28)20-15-24-27(16-20)21-7-5-4-6-8-21/h4-8,13-16H,9-12H2,1-3H3. The number of rotatable bonds is 4. The van der Waals surface area contributed by atoms with Gasteiger partial charge in [-0.05, 0) is 44.0 Å². The molecule has 0 spiro atoms. The first-order chi connectivity index (χ1) is 14.8. The molecule has 1 amide bonds. The van der Waals surface area contributed by atoms with Crippen molar-refractivity contribution >= 4 is 15.9 Å². The topological polar surface area (TPSA) is 75.5 Å².